The van der Waals surface area contributed by atoms with Gasteiger partial charge in [-0.3, -0.25) is 0 Å². The van der Waals surface area contributed by atoms with Crippen LogP contribution in [0.2, 0.25) is 0 Å². The van der Waals surface area contributed by atoms with Crippen LogP contribution in [-0.4, -0.2) is 22.5 Å². The van der Waals surface area contributed by atoms with E-state index in [2.05, 4.69) is 22.6 Å². The van der Waals surface area contributed by atoms with Crippen molar-refractivity contribution < 1.29 is 0 Å². The number of nitrogens with one attached hydrogen (secondary N) is 1. The molecule has 1 saturated carbocycles. The molecule has 0 radical (unpaired) electrons. The molecule has 1 fully saturated rings. The Morgan fingerprint density at radius 2 is 2.40 bits per heavy atom. The molecular formula is C11H13N3S. The molecule has 0 amide bonds. The number of rotatable bonds is 4. The summed E-state index contributed by atoms with van der Waals surface area (Å²) in [5.74, 6) is 0.856. The molecule has 2 rings (SSSR count). The summed E-state index contributed by atoms with van der Waals surface area (Å²) < 4.78 is 0.440. The Morgan fingerprint density at radius 1 is 1.60 bits per heavy atom. The predicted molar refractivity (Wildman–Crippen MR) is 62.9 cm³/mol. The van der Waals surface area contributed by atoms with E-state index in [9.17, 15) is 0 Å². The summed E-state index contributed by atoms with van der Waals surface area (Å²) in [5, 5.41) is 11.9. The summed E-state index contributed by atoms with van der Waals surface area (Å²) in [6.45, 7) is 0.965. The zero-order valence-electron chi connectivity index (χ0n) is 8.66. The molecule has 1 aromatic rings. The average molecular weight is 219 g/mol. The van der Waals surface area contributed by atoms with Gasteiger partial charge in [0.2, 0.25) is 0 Å². The van der Waals surface area contributed by atoms with Crippen LogP contribution >= 0.6 is 11.8 Å². The Morgan fingerprint density at radius 3 is 2.87 bits per heavy atom. The fraction of sp³-hybridized carbons (Fsp3) is 0.455. The van der Waals surface area contributed by atoms with Crippen molar-refractivity contribution in [3.05, 3.63) is 23.9 Å². The van der Waals surface area contributed by atoms with Gasteiger partial charge in [0, 0.05) is 17.5 Å². The van der Waals surface area contributed by atoms with Crippen LogP contribution < -0.4 is 5.32 Å². The van der Waals surface area contributed by atoms with Gasteiger partial charge in [0.25, 0.3) is 0 Å². The van der Waals surface area contributed by atoms with Crippen LogP contribution in [0.1, 0.15) is 18.4 Å². The Bertz CT molecular complexity index is 376. The normalized spacial score (nSPS) is 16.8. The van der Waals surface area contributed by atoms with Gasteiger partial charge in [-0.15, -0.1) is 0 Å². The highest BCUT2D eigenvalue weighted by atomic mass is 32.2. The van der Waals surface area contributed by atoms with Crippen molar-refractivity contribution in [3.8, 4) is 6.07 Å². The topological polar surface area (TPSA) is 48.7 Å². The molecule has 0 aliphatic heterocycles. The van der Waals surface area contributed by atoms with Crippen molar-refractivity contribution in [3.63, 3.8) is 0 Å². The van der Waals surface area contributed by atoms with Crippen LogP contribution in [0.15, 0.2) is 18.3 Å². The molecule has 3 nitrogen and oxygen atoms in total. The molecule has 1 aliphatic carbocycles. The van der Waals surface area contributed by atoms with Gasteiger partial charge in [-0.1, -0.05) is 0 Å². The van der Waals surface area contributed by atoms with E-state index in [-0.39, 0.29) is 0 Å². The van der Waals surface area contributed by atoms with Crippen molar-refractivity contribution in [1.29, 1.82) is 5.26 Å². The molecular weight excluding hydrogens is 206 g/mol. The number of nitrogens with zero attached hydrogens (tertiary/aromatic N) is 2. The summed E-state index contributed by atoms with van der Waals surface area (Å²) >= 11 is 1.92. The first kappa shape index (κ1) is 10.3. The zero-order valence-corrected chi connectivity index (χ0v) is 9.47. The maximum atomic E-state index is 8.62. The Hall–Kier alpha value is -1.21. The van der Waals surface area contributed by atoms with Crippen molar-refractivity contribution >= 4 is 17.6 Å². The van der Waals surface area contributed by atoms with Crippen LogP contribution in [0.4, 0.5) is 5.82 Å². The minimum absolute atomic E-state index is 0.440. The molecule has 0 bridgehead atoms. The Labute approximate surface area is 93.9 Å². The van der Waals surface area contributed by atoms with Gasteiger partial charge in [0.05, 0.1) is 5.56 Å². The van der Waals surface area contributed by atoms with Gasteiger partial charge in [0.1, 0.15) is 11.9 Å². The summed E-state index contributed by atoms with van der Waals surface area (Å²) in [7, 11) is 0. The van der Waals surface area contributed by atoms with Crippen molar-refractivity contribution in [1.82, 2.24) is 4.98 Å². The van der Waals surface area contributed by atoms with Crippen LogP contribution in [0.3, 0.4) is 0 Å². The van der Waals surface area contributed by atoms with Gasteiger partial charge in [-0.25, -0.2) is 4.98 Å². The third-order valence-electron chi connectivity index (χ3n) is 2.72. The number of thioether (sulfide) groups is 1. The number of nitriles is 1. The zero-order chi connectivity index (χ0) is 10.7. The standard InChI is InChI=1S/C11H13N3S/c1-15-11(4-5-11)8-14-10-3-2-9(6-12)7-13-10/h2-3,7H,4-5,8H2,1H3,(H,13,14). The van der Waals surface area contributed by atoms with Gasteiger partial charge in [-0.2, -0.15) is 17.0 Å². The number of hydrogen-bond donors (Lipinski definition) is 1. The maximum absolute atomic E-state index is 8.62. The number of hydrogen-bond acceptors (Lipinski definition) is 4. The van der Waals surface area contributed by atoms with E-state index in [0.717, 1.165) is 12.4 Å². The van der Waals surface area contributed by atoms with Crippen LogP contribution in [0.5, 0.6) is 0 Å². The van der Waals surface area contributed by atoms with Crippen molar-refractivity contribution in [2.75, 3.05) is 18.1 Å². The van der Waals surface area contributed by atoms with Gasteiger partial charge < -0.3 is 5.32 Å². The second kappa shape index (κ2) is 4.11. The van der Waals surface area contributed by atoms with Crippen LogP contribution in [0, 0.1) is 11.3 Å². The Kier molecular flexibility index (Phi) is 2.83. The average Bonchev–Trinajstić information content (AvgIpc) is 3.08. The molecule has 1 aromatic heterocycles. The molecule has 1 aliphatic rings. The monoisotopic (exact) mass is 219 g/mol. The Balaban J connectivity index is 1.91. The predicted octanol–water partition coefficient (Wildman–Crippen LogP) is 2.26. The summed E-state index contributed by atoms with van der Waals surface area (Å²) in [4.78, 5) is 4.17. The molecule has 1 N–H and O–H groups in total. The molecule has 0 aromatic carbocycles. The second-order valence-electron chi connectivity index (χ2n) is 3.78. The summed E-state index contributed by atoms with van der Waals surface area (Å²) in [5.41, 5.74) is 0.603. The number of anilines is 1. The molecule has 1 heterocycles. The van der Waals surface area contributed by atoms with Crippen LogP contribution in [0.25, 0.3) is 0 Å². The van der Waals surface area contributed by atoms with Gasteiger partial charge in [0.15, 0.2) is 0 Å². The highest BCUT2D eigenvalue weighted by Crippen LogP contribution is 2.46. The van der Waals surface area contributed by atoms with E-state index < -0.39 is 0 Å². The highest BCUT2D eigenvalue weighted by molar-refractivity contribution is 8.00. The summed E-state index contributed by atoms with van der Waals surface area (Å²) in [6, 6.07) is 5.70. The van der Waals surface area contributed by atoms with Gasteiger partial charge >= 0.3 is 0 Å². The lowest BCUT2D eigenvalue weighted by atomic mass is 10.3. The van der Waals surface area contributed by atoms with E-state index in [1.54, 1.807) is 12.3 Å². The van der Waals surface area contributed by atoms with E-state index in [0.29, 0.717) is 10.3 Å². The fourth-order valence-electron chi connectivity index (χ4n) is 1.41. The van der Waals surface area contributed by atoms with E-state index in [1.807, 2.05) is 17.8 Å². The number of aromatic nitrogens is 1. The van der Waals surface area contributed by atoms with E-state index in [1.165, 1.54) is 12.8 Å². The first-order chi connectivity index (χ1) is 7.28. The van der Waals surface area contributed by atoms with E-state index in [4.69, 9.17) is 5.26 Å². The lowest BCUT2D eigenvalue weighted by Gasteiger charge is -2.13. The lowest BCUT2D eigenvalue weighted by molar-refractivity contribution is 0.940. The van der Waals surface area contributed by atoms with E-state index >= 15 is 0 Å². The minimum atomic E-state index is 0.440. The fourth-order valence-corrected chi connectivity index (χ4v) is 2.14. The van der Waals surface area contributed by atoms with Crippen LogP contribution in [-0.2, 0) is 0 Å². The molecule has 0 unspecified atom stereocenters. The molecule has 0 atom stereocenters. The molecule has 0 spiro atoms. The molecule has 0 saturated heterocycles. The molecule has 4 heteroatoms. The molecule has 15 heavy (non-hydrogen) atoms. The largest absolute Gasteiger partial charge is 0.369 e. The molecule has 78 valence electrons. The lowest BCUT2D eigenvalue weighted by Crippen LogP contribution is -2.17. The quantitative estimate of drug-likeness (QED) is 0.844. The second-order valence-corrected chi connectivity index (χ2v) is 5.06. The van der Waals surface area contributed by atoms with Crippen molar-refractivity contribution in [2.45, 2.75) is 17.6 Å². The SMILES string of the molecule is CSC1(CNc2ccc(C#N)cn2)CC1. The van der Waals surface area contributed by atoms with Gasteiger partial charge in [-0.05, 0) is 31.2 Å². The first-order valence-corrected chi connectivity index (χ1v) is 6.16. The first-order valence-electron chi connectivity index (χ1n) is 4.93. The minimum Gasteiger partial charge on any atom is -0.369 e. The van der Waals surface area contributed by atoms with Crippen molar-refractivity contribution in [2.24, 2.45) is 0 Å². The maximum Gasteiger partial charge on any atom is 0.126 e. The number of pyridine rings is 1. The smallest absolute Gasteiger partial charge is 0.126 e. The third-order valence-corrected chi connectivity index (χ3v) is 4.14. The highest BCUT2D eigenvalue weighted by Gasteiger charge is 2.41. The third kappa shape index (κ3) is 2.42. The summed E-state index contributed by atoms with van der Waals surface area (Å²) in [6.07, 6.45) is 6.33.